The van der Waals surface area contributed by atoms with Crippen LogP contribution in [0.4, 0.5) is 23.0 Å². The maximum Gasteiger partial charge on any atom is 0.404 e. The van der Waals surface area contributed by atoms with Crippen LogP contribution in [0, 0.1) is 0 Å². The van der Waals surface area contributed by atoms with Gasteiger partial charge >= 0.3 is 7.55 Å². The maximum absolute atomic E-state index is 4.36. The van der Waals surface area contributed by atoms with Crippen LogP contribution in [0.3, 0.4) is 0 Å². The van der Waals surface area contributed by atoms with Crippen molar-refractivity contribution in [3.05, 3.63) is 61.4 Å². The van der Waals surface area contributed by atoms with E-state index in [0.29, 0.717) is 0 Å². The standard InChI is InChI=1S/C14H10BN6/c1-2-4-12-11(3-1)20(13-9-16-5-7-18-13)15-21(12)14-10-17-6-8-19-14/h1-10H. The molecule has 0 amide bonds. The molecule has 3 aromatic rings. The molecule has 0 aliphatic carbocycles. The molecule has 0 bridgehead atoms. The first-order valence-electron chi connectivity index (χ1n) is 6.48. The Morgan fingerprint density at radius 1 is 0.714 bits per heavy atom. The molecule has 1 aliphatic rings. The van der Waals surface area contributed by atoms with Gasteiger partial charge in [-0.2, -0.15) is 0 Å². The molecule has 0 saturated carbocycles. The van der Waals surface area contributed by atoms with Gasteiger partial charge in [-0.3, -0.25) is 9.97 Å². The van der Waals surface area contributed by atoms with Crippen LogP contribution >= 0.6 is 0 Å². The van der Waals surface area contributed by atoms with Crippen molar-refractivity contribution >= 4 is 30.6 Å². The van der Waals surface area contributed by atoms with E-state index in [2.05, 4.69) is 19.9 Å². The van der Waals surface area contributed by atoms with E-state index in [1.807, 2.05) is 41.4 Å². The number of nitrogens with zero attached hydrogens (tertiary/aromatic N) is 6. The van der Waals surface area contributed by atoms with E-state index in [-0.39, 0.29) is 0 Å². The first kappa shape index (κ1) is 11.8. The van der Waals surface area contributed by atoms with Crippen molar-refractivity contribution < 1.29 is 0 Å². The minimum absolute atomic E-state index is 0.761. The highest BCUT2D eigenvalue weighted by molar-refractivity contribution is 6.54. The SMILES string of the molecule is [B]1N(c2cnccn2)c2ccccc2N1c1cnccn1. The van der Waals surface area contributed by atoms with Gasteiger partial charge in [0, 0.05) is 24.8 Å². The van der Waals surface area contributed by atoms with E-state index in [1.54, 1.807) is 37.2 Å². The summed E-state index contributed by atoms with van der Waals surface area (Å²) in [6, 6.07) is 8.07. The number of rotatable bonds is 2. The number of fused-ring (bicyclic) bond motifs is 1. The second-order valence-corrected chi connectivity index (χ2v) is 4.47. The molecule has 0 unspecified atom stereocenters. The van der Waals surface area contributed by atoms with Gasteiger partial charge in [0.05, 0.1) is 23.8 Å². The predicted octanol–water partition coefficient (Wildman–Crippen LogP) is 2.09. The molecule has 3 heterocycles. The Morgan fingerprint density at radius 3 is 1.67 bits per heavy atom. The van der Waals surface area contributed by atoms with Crippen molar-refractivity contribution in [2.45, 2.75) is 0 Å². The van der Waals surface area contributed by atoms with Gasteiger partial charge in [-0.25, -0.2) is 9.97 Å². The Hall–Kier alpha value is -2.96. The molecular weight excluding hydrogens is 263 g/mol. The topological polar surface area (TPSA) is 58.0 Å². The third-order valence-corrected chi connectivity index (χ3v) is 3.22. The molecule has 99 valence electrons. The average molecular weight is 273 g/mol. The van der Waals surface area contributed by atoms with Crippen LogP contribution in [0.15, 0.2) is 61.4 Å². The van der Waals surface area contributed by atoms with Crippen LogP contribution in [-0.2, 0) is 0 Å². The maximum atomic E-state index is 4.36. The quantitative estimate of drug-likeness (QED) is 0.666. The van der Waals surface area contributed by atoms with E-state index >= 15 is 0 Å². The van der Waals surface area contributed by atoms with Crippen molar-refractivity contribution in [2.75, 3.05) is 9.62 Å². The minimum Gasteiger partial charge on any atom is -0.350 e. The molecule has 0 spiro atoms. The second-order valence-electron chi connectivity index (χ2n) is 4.47. The fraction of sp³-hybridized carbons (Fsp3) is 0. The number of benzene rings is 1. The van der Waals surface area contributed by atoms with Crippen molar-refractivity contribution in [1.29, 1.82) is 0 Å². The van der Waals surface area contributed by atoms with Crippen molar-refractivity contribution in [3.63, 3.8) is 0 Å². The summed E-state index contributed by atoms with van der Waals surface area (Å²) < 4.78 is 0. The first-order valence-corrected chi connectivity index (χ1v) is 6.48. The summed E-state index contributed by atoms with van der Waals surface area (Å²) in [6.07, 6.45) is 10.1. The van der Waals surface area contributed by atoms with Crippen LogP contribution in [0.1, 0.15) is 0 Å². The zero-order valence-corrected chi connectivity index (χ0v) is 11.0. The lowest BCUT2D eigenvalue weighted by molar-refractivity contribution is 1.16. The predicted molar refractivity (Wildman–Crippen MR) is 80.5 cm³/mol. The molecule has 4 rings (SSSR count). The van der Waals surface area contributed by atoms with Gasteiger partial charge in [0.2, 0.25) is 0 Å². The Kier molecular flexibility index (Phi) is 2.74. The van der Waals surface area contributed by atoms with Gasteiger partial charge in [0.1, 0.15) is 11.6 Å². The fourth-order valence-corrected chi connectivity index (χ4v) is 2.31. The molecule has 1 radical (unpaired) electrons. The van der Waals surface area contributed by atoms with Crippen molar-refractivity contribution in [2.24, 2.45) is 0 Å². The highest BCUT2D eigenvalue weighted by atomic mass is 15.3. The largest absolute Gasteiger partial charge is 0.404 e. The summed E-state index contributed by atoms with van der Waals surface area (Å²) >= 11 is 0. The Labute approximate surface area is 122 Å². The lowest BCUT2D eigenvalue weighted by Gasteiger charge is -2.17. The van der Waals surface area contributed by atoms with Gasteiger partial charge in [0.25, 0.3) is 0 Å². The van der Waals surface area contributed by atoms with Crippen LogP contribution in [0.2, 0.25) is 0 Å². The lowest BCUT2D eigenvalue weighted by atomic mass is 10.1. The molecule has 0 atom stereocenters. The van der Waals surface area contributed by atoms with E-state index < -0.39 is 0 Å². The van der Waals surface area contributed by atoms with Crippen LogP contribution in [-0.4, -0.2) is 27.5 Å². The van der Waals surface area contributed by atoms with Gasteiger partial charge in [-0.15, -0.1) is 0 Å². The number of hydrogen-bond donors (Lipinski definition) is 0. The van der Waals surface area contributed by atoms with E-state index in [4.69, 9.17) is 0 Å². The van der Waals surface area contributed by atoms with Crippen LogP contribution in [0.5, 0.6) is 0 Å². The zero-order valence-electron chi connectivity index (χ0n) is 11.0. The van der Waals surface area contributed by atoms with Gasteiger partial charge in [0.15, 0.2) is 0 Å². The molecule has 2 aromatic heterocycles. The summed E-state index contributed by atoms with van der Waals surface area (Å²) in [5, 5.41) is 0. The monoisotopic (exact) mass is 273 g/mol. The van der Waals surface area contributed by atoms with Crippen molar-refractivity contribution in [1.82, 2.24) is 19.9 Å². The number of para-hydroxylation sites is 2. The minimum atomic E-state index is 0.761. The van der Waals surface area contributed by atoms with Gasteiger partial charge < -0.3 is 9.62 Å². The average Bonchev–Trinajstić information content (AvgIpc) is 2.96. The van der Waals surface area contributed by atoms with Gasteiger partial charge in [-0.1, -0.05) is 12.1 Å². The molecule has 0 N–H and O–H groups in total. The normalized spacial score (nSPS) is 13.0. The summed E-state index contributed by atoms with van der Waals surface area (Å²) in [6.45, 7) is 0. The molecule has 0 fully saturated rings. The Morgan fingerprint density at radius 2 is 1.24 bits per heavy atom. The molecule has 7 heteroatoms. The number of hydrogen-bond acceptors (Lipinski definition) is 6. The van der Waals surface area contributed by atoms with Crippen molar-refractivity contribution in [3.8, 4) is 0 Å². The second kappa shape index (κ2) is 4.86. The number of aromatic nitrogens is 4. The van der Waals surface area contributed by atoms with Crippen LogP contribution in [0.25, 0.3) is 0 Å². The molecule has 0 saturated heterocycles. The van der Waals surface area contributed by atoms with E-state index in [1.165, 1.54) is 0 Å². The third kappa shape index (κ3) is 1.99. The Balaban J connectivity index is 1.81. The van der Waals surface area contributed by atoms with E-state index in [0.717, 1.165) is 23.0 Å². The smallest absolute Gasteiger partial charge is 0.350 e. The molecule has 1 aliphatic heterocycles. The van der Waals surface area contributed by atoms with Crippen LogP contribution < -0.4 is 9.62 Å². The zero-order chi connectivity index (χ0) is 14.1. The Bertz CT molecular complexity index is 687. The molecule has 6 nitrogen and oxygen atoms in total. The summed E-state index contributed by atoms with van der Waals surface area (Å²) in [5.74, 6) is 1.52. The summed E-state index contributed by atoms with van der Waals surface area (Å²) in [5.41, 5.74) is 2.06. The fourth-order valence-electron chi connectivity index (χ4n) is 2.31. The van der Waals surface area contributed by atoms with Gasteiger partial charge in [-0.05, 0) is 12.1 Å². The molecule has 21 heavy (non-hydrogen) atoms. The highest BCUT2D eigenvalue weighted by Crippen LogP contribution is 2.41. The summed E-state index contributed by atoms with van der Waals surface area (Å²) in [7, 11) is 1.94. The highest BCUT2D eigenvalue weighted by Gasteiger charge is 2.31. The van der Waals surface area contributed by atoms with E-state index in [9.17, 15) is 0 Å². The first-order chi connectivity index (χ1) is 10.4. The number of anilines is 4. The lowest BCUT2D eigenvalue weighted by Crippen LogP contribution is -2.29. The molecule has 1 aromatic carbocycles. The summed E-state index contributed by atoms with van der Waals surface area (Å²) in [4.78, 5) is 20.9. The molecular formula is C14H10BN6. The third-order valence-electron chi connectivity index (χ3n) is 3.22.